The Balaban J connectivity index is 2.13. The number of phenols is 2. The van der Waals surface area contributed by atoms with E-state index in [4.69, 9.17) is 4.94 Å². The van der Waals surface area contributed by atoms with Crippen LogP contribution in [0.1, 0.15) is 62.9 Å². The molecule has 1 amide bonds. The largest absolute Gasteiger partial charge is 0.504 e. The van der Waals surface area contributed by atoms with Gasteiger partial charge in [0.15, 0.2) is 11.5 Å². The van der Waals surface area contributed by atoms with Crippen LogP contribution in [0.3, 0.4) is 0 Å². The molecule has 3 N–H and O–H groups in total. The fourth-order valence-electron chi connectivity index (χ4n) is 3.29. The Morgan fingerprint density at radius 2 is 1.65 bits per heavy atom. The molecule has 128 valence electrons. The summed E-state index contributed by atoms with van der Waals surface area (Å²) in [5.74, 6) is -1.05. The summed E-state index contributed by atoms with van der Waals surface area (Å²) in [6.45, 7) is 10.0. The van der Waals surface area contributed by atoms with Crippen LogP contribution in [0.4, 0.5) is 0 Å². The van der Waals surface area contributed by atoms with E-state index in [1.807, 2.05) is 5.06 Å². The van der Waals surface area contributed by atoms with Gasteiger partial charge in [-0.25, -0.2) is 5.48 Å². The predicted molar refractivity (Wildman–Crippen MR) is 86.9 cm³/mol. The minimum Gasteiger partial charge on any atom is -0.504 e. The van der Waals surface area contributed by atoms with Gasteiger partial charge in [-0.3, -0.25) is 4.79 Å². The summed E-state index contributed by atoms with van der Waals surface area (Å²) in [5.41, 5.74) is 2.89. The second-order valence-corrected chi connectivity index (χ2v) is 7.45. The second-order valence-electron chi connectivity index (χ2n) is 7.45. The number of piperidine rings is 1. The summed E-state index contributed by atoms with van der Waals surface area (Å²) in [4.78, 5) is 18.0. The summed E-state index contributed by atoms with van der Waals surface area (Å²) >= 11 is 0. The first-order chi connectivity index (χ1) is 10.5. The lowest BCUT2D eigenvalue weighted by molar-refractivity contribution is -0.304. The van der Waals surface area contributed by atoms with Gasteiger partial charge >= 0.3 is 0 Å². The number of nitrogens with one attached hydrogen (secondary N) is 1. The van der Waals surface area contributed by atoms with Crippen molar-refractivity contribution in [2.75, 3.05) is 0 Å². The first-order valence-electron chi connectivity index (χ1n) is 7.85. The molecule has 1 fully saturated rings. The van der Waals surface area contributed by atoms with Crippen molar-refractivity contribution in [1.82, 2.24) is 10.5 Å². The van der Waals surface area contributed by atoms with E-state index >= 15 is 0 Å². The number of nitrogens with zero attached hydrogens (tertiary/aromatic N) is 1. The molecule has 0 radical (unpaired) electrons. The Kier molecular flexibility index (Phi) is 4.59. The van der Waals surface area contributed by atoms with Gasteiger partial charge in [0.25, 0.3) is 5.91 Å². The Morgan fingerprint density at radius 3 is 2.22 bits per heavy atom. The molecule has 0 bridgehead atoms. The van der Waals surface area contributed by atoms with Gasteiger partial charge < -0.3 is 10.2 Å². The number of rotatable bonds is 3. The molecule has 0 aromatic heterocycles. The maximum atomic E-state index is 12.3. The zero-order chi connectivity index (χ0) is 17.4. The number of aryl methyl sites for hydroxylation is 1. The maximum Gasteiger partial charge on any atom is 0.276 e. The van der Waals surface area contributed by atoms with Crippen molar-refractivity contribution in [2.24, 2.45) is 0 Å². The standard InChI is InChI=1S/C17H26N2O4/c1-11-9-13(20)14(21)10-12(11)15(22)18-23-19-16(2,3)7-6-8-17(19,4)5/h9-10,20-21H,6-8H2,1-5H3,(H,18,22). The van der Waals surface area contributed by atoms with Crippen molar-refractivity contribution in [2.45, 2.75) is 65.0 Å². The van der Waals surface area contributed by atoms with E-state index in [1.54, 1.807) is 6.92 Å². The fourth-order valence-corrected chi connectivity index (χ4v) is 3.29. The lowest BCUT2D eigenvalue weighted by Gasteiger charge is -2.50. The van der Waals surface area contributed by atoms with Gasteiger partial charge in [0, 0.05) is 16.6 Å². The molecule has 6 nitrogen and oxygen atoms in total. The van der Waals surface area contributed by atoms with Crippen LogP contribution in [0.15, 0.2) is 12.1 Å². The number of benzene rings is 1. The van der Waals surface area contributed by atoms with Crippen LogP contribution in [0.2, 0.25) is 0 Å². The quantitative estimate of drug-likeness (QED) is 0.588. The fraction of sp³-hybridized carbons (Fsp3) is 0.588. The number of phenolic OH excluding ortho intramolecular Hbond substituents is 2. The first kappa shape index (κ1) is 17.6. The second kappa shape index (κ2) is 6.02. The van der Waals surface area contributed by atoms with E-state index in [-0.39, 0.29) is 28.1 Å². The van der Waals surface area contributed by atoms with Crippen LogP contribution >= 0.6 is 0 Å². The molecule has 0 unspecified atom stereocenters. The van der Waals surface area contributed by atoms with Crippen molar-refractivity contribution in [3.63, 3.8) is 0 Å². The highest BCUT2D eigenvalue weighted by molar-refractivity contribution is 5.95. The molecule has 2 rings (SSSR count). The molecule has 1 aromatic rings. The summed E-state index contributed by atoms with van der Waals surface area (Å²) in [6.07, 6.45) is 3.06. The van der Waals surface area contributed by atoms with Gasteiger partial charge in [0.1, 0.15) is 0 Å². The van der Waals surface area contributed by atoms with Crippen molar-refractivity contribution in [3.8, 4) is 11.5 Å². The number of aromatic hydroxyl groups is 2. The molecular formula is C17H26N2O4. The summed E-state index contributed by atoms with van der Waals surface area (Å²) in [7, 11) is 0. The van der Waals surface area contributed by atoms with E-state index in [9.17, 15) is 15.0 Å². The third-order valence-corrected chi connectivity index (χ3v) is 4.47. The van der Waals surface area contributed by atoms with Gasteiger partial charge in [-0.15, -0.1) is 0 Å². The molecule has 0 spiro atoms. The first-order valence-corrected chi connectivity index (χ1v) is 7.85. The third kappa shape index (κ3) is 3.59. The molecule has 1 aliphatic rings. The van der Waals surface area contributed by atoms with Gasteiger partial charge in [0.05, 0.1) is 0 Å². The summed E-state index contributed by atoms with van der Waals surface area (Å²) in [5, 5.41) is 20.9. The minimum atomic E-state index is -0.463. The van der Waals surface area contributed by atoms with Crippen LogP contribution in [0.5, 0.6) is 11.5 Å². The number of amides is 1. The molecule has 1 aromatic carbocycles. The van der Waals surface area contributed by atoms with E-state index in [0.29, 0.717) is 5.56 Å². The van der Waals surface area contributed by atoms with Crippen molar-refractivity contribution >= 4 is 5.91 Å². The lowest BCUT2D eigenvalue weighted by Crippen LogP contribution is -2.60. The third-order valence-electron chi connectivity index (χ3n) is 4.47. The molecule has 23 heavy (non-hydrogen) atoms. The van der Waals surface area contributed by atoms with Gasteiger partial charge in [-0.05, 0) is 71.6 Å². The molecule has 6 heteroatoms. The van der Waals surface area contributed by atoms with Crippen molar-refractivity contribution in [1.29, 1.82) is 0 Å². The smallest absolute Gasteiger partial charge is 0.276 e. The molecular weight excluding hydrogens is 296 g/mol. The van der Waals surface area contributed by atoms with Gasteiger partial charge in [-0.2, -0.15) is 10.0 Å². The van der Waals surface area contributed by atoms with Crippen LogP contribution in [-0.2, 0) is 4.94 Å². The molecule has 0 aliphatic carbocycles. The molecule has 0 atom stereocenters. The average molecular weight is 322 g/mol. The number of hydrogen-bond acceptors (Lipinski definition) is 5. The van der Waals surface area contributed by atoms with E-state index < -0.39 is 5.91 Å². The van der Waals surface area contributed by atoms with Gasteiger partial charge in [-0.1, -0.05) is 0 Å². The minimum absolute atomic E-state index is 0.193. The summed E-state index contributed by atoms with van der Waals surface area (Å²) in [6, 6.07) is 2.58. The van der Waals surface area contributed by atoms with Crippen molar-refractivity contribution in [3.05, 3.63) is 23.3 Å². The lowest BCUT2D eigenvalue weighted by atomic mass is 9.82. The SMILES string of the molecule is Cc1cc(O)c(O)cc1C(=O)NON1C(C)(C)CCCC1(C)C. The Morgan fingerprint density at radius 1 is 1.13 bits per heavy atom. The Labute approximate surface area is 137 Å². The monoisotopic (exact) mass is 322 g/mol. The summed E-state index contributed by atoms with van der Waals surface area (Å²) < 4.78 is 0. The topological polar surface area (TPSA) is 82.0 Å². The Bertz CT molecular complexity index is 595. The number of carbonyl (C=O) groups is 1. The van der Waals surface area contributed by atoms with E-state index in [0.717, 1.165) is 19.3 Å². The molecule has 1 aliphatic heterocycles. The van der Waals surface area contributed by atoms with Gasteiger partial charge in [0.2, 0.25) is 0 Å². The van der Waals surface area contributed by atoms with Crippen LogP contribution in [-0.4, -0.2) is 32.3 Å². The van der Waals surface area contributed by atoms with E-state index in [1.165, 1.54) is 12.1 Å². The highest BCUT2D eigenvalue weighted by Crippen LogP contribution is 2.38. The van der Waals surface area contributed by atoms with Crippen molar-refractivity contribution < 1.29 is 19.9 Å². The normalized spacial score (nSPS) is 20.2. The molecule has 1 saturated heterocycles. The average Bonchev–Trinajstić information content (AvgIpc) is 2.40. The van der Waals surface area contributed by atoms with Crippen LogP contribution in [0, 0.1) is 6.92 Å². The maximum absolute atomic E-state index is 12.3. The number of hydroxylamine groups is 3. The highest BCUT2D eigenvalue weighted by Gasteiger charge is 2.43. The highest BCUT2D eigenvalue weighted by atomic mass is 16.8. The predicted octanol–water partition coefficient (Wildman–Crippen LogP) is 3.03. The number of hydrogen-bond donors (Lipinski definition) is 3. The number of carbonyl (C=O) groups excluding carboxylic acids is 1. The molecule has 0 saturated carbocycles. The van der Waals surface area contributed by atoms with Crippen LogP contribution < -0.4 is 5.48 Å². The van der Waals surface area contributed by atoms with E-state index in [2.05, 4.69) is 33.2 Å². The Hall–Kier alpha value is -1.79. The molecule has 1 heterocycles. The zero-order valence-corrected chi connectivity index (χ0v) is 14.4. The van der Waals surface area contributed by atoms with Crippen LogP contribution in [0.25, 0.3) is 0 Å². The zero-order valence-electron chi connectivity index (χ0n) is 14.4.